The third-order valence-electron chi connectivity index (χ3n) is 1.97. The normalized spacial score (nSPS) is 10.9. The lowest BCUT2D eigenvalue weighted by molar-refractivity contribution is 0.108. The number of hydrogen-bond donors (Lipinski definition) is 1. The van der Waals surface area contributed by atoms with Crippen LogP contribution < -0.4 is 5.32 Å². The Kier molecular flexibility index (Phi) is 9.00. The van der Waals surface area contributed by atoms with Crippen LogP contribution in [0.15, 0.2) is 12.2 Å². The topological polar surface area (TPSA) is 21.3 Å². The summed E-state index contributed by atoms with van der Waals surface area (Å²) in [6.07, 6.45) is 2.15. The standard InChI is InChI=1S/C12H25NO/c1-5-12(4)9-13-7-6-8-14-10-11(2)3/h11,13H,4-10H2,1-3H3. The molecule has 0 aromatic carbocycles. The molecule has 2 heteroatoms. The van der Waals surface area contributed by atoms with E-state index in [9.17, 15) is 0 Å². The lowest BCUT2D eigenvalue weighted by Gasteiger charge is -2.08. The molecule has 0 unspecified atom stereocenters. The van der Waals surface area contributed by atoms with Crippen LogP contribution in [0.25, 0.3) is 0 Å². The van der Waals surface area contributed by atoms with Crippen LogP contribution in [0.4, 0.5) is 0 Å². The molecule has 0 amide bonds. The summed E-state index contributed by atoms with van der Waals surface area (Å²) >= 11 is 0. The van der Waals surface area contributed by atoms with Crippen LogP contribution in [0.1, 0.15) is 33.6 Å². The van der Waals surface area contributed by atoms with Crippen molar-refractivity contribution in [2.24, 2.45) is 5.92 Å². The van der Waals surface area contributed by atoms with E-state index >= 15 is 0 Å². The van der Waals surface area contributed by atoms with Gasteiger partial charge in [0.2, 0.25) is 0 Å². The van der Waals surface area contributed by atoms with Gasteiger partial charge in [0.15, 0.2) is 0 Å². The molecule has 14 heavy (non-hydrogen) atoms. The number of nitrogens with one attached hydrogen (secondary N) is 1. The largest absolute Gasteiger partial charge is 0.381 e. The minimum atomic E-state index is 0.642. The van der Waals surface area contributed by atoms with E-state index in [1.165, 1.54) is 5.57 Å². The van der Waals surface area contributed by atoms with Crippen LogP contribution in [-0.2, 0) is 4.74 Å². The first kappa shape index (κ1) is 13.7. The van der Waals surface area contributed by atoms with Gasteiger partial charge in [0.25, 0.3) is 0 Å². The minimum Gasteiger partial charge on any atom is -0.381 e. The number of ether oxygens (including phenoxy) is 1. The van der Waals surface area contributed by atoms with Gasteiger partial charge in [-0.3, -0.25) is 0 Å². The van der Waals surface area contributed by atoms with E-state index in [2.05, 4.69) is 32.7 Å². The maximum atomic E-state index is 5.47. The van der Waals surface area contributed by atoms with E-state index in [0.717, 1.165) is 39.1 Å². The molecule has 0 fully saturated rings. The zero-order chi connectivity index (χ0) is 10.8. The third-order valence-corrected chi connectivity index (χ3v) is 1.97. The summed E-state index contributed by atoms with van der Waals surface area (Å²) in [5.74, 6) is 0.642. The van der Waals surface area contributed by atoms with Crippen molar-refractivity contribution >= 4 is 0 Å². The van der Waals surface area contributed by atoms with E-state index in [1.807, 2.05) is 0 Å². The smallest absolute Gasteiger partial charge is 0.0489 e. The van der Waals surface area contributed by atoms with Crippen molar-refractivity contribution in [2.45, 2.75) is 33.6 Å². The Labute approximate surface area is 88.7 Å². The Morgan fingerprint density at radius 1 is 1.43 bits per heavy atom. The molecular weight excluding hydrogens is 174 g/mol. The van der Waals surface area contributed by atoms with Crippen LogP contribution in [0.3, 0.4) is 0 Å². The van der Waals surface area contributed by atoms with Crippen molar-refractivity contribution in [3.8, 4) is 0 Å². The molecule has 2 nitrogen and oxygen atoms in total. The van der Waals surface area contributed by atoms with Crippen molar-refractivity contribution in [1.29, 1.82) is 0 Å². The summed E-state index contributed by atoms with van der Waals surface area (Å²) in [7, 11) is 0. The highest BCUT2D eigenvalue weighted by atomic mass is 16.5. The quantitative estimate of drug-likeness (QED) is 0.455. The Balaban J connectivity index is 3.03. The molecule has 0 bridgehead atoms. The molecule has 0 rings (SSSR count). The van der Waals surface area contributed by atoms with Crippen LogP contribution >= 0.6 is 0 Å². The molecule has 0 aliphatic rings. The molecular formula is C12H25NO. The Morgan fingerprint density at radius 2 is 2.14 bits per heavy atom. The first-order valence-corrected chi connectivity index (χ1v) is 5.62. The molecule has 0 aliphatic carbocycles. The molecule has 0 heterocycles. The second kappa shape index (κ2) is 9.22. The van der Waals surface area contributed by atoms with Gasteiger partial charge in [-0.05, 0) is 25.3 Å². The lowest BCUT2D eigenvalue weighted by atomic mass is 10.2. The molecule has 0 spiro atoms. The van der Waals surface area contributed by atoms with Crippen molar-refractivity contribution in [3.63, 3.8) is 0 Å². The fourth-order valence-electron chi connectivity index (χ4n) is 1.01. The van der Waals surface area contributed by atoms with Crippen molar-refractivity contribution in [2.75, 3.05) is 26.3 Å². The fraction of sp³-hybridized carbons (Fsp3) is 0.833. The maximum absolute atomic E-state index is 5.47. The molecule has 0 aromatic rings. The maximum Gasteiger partial charge on any atom is 0.0489 e. The summed E-state index contributed by atoms with van der Waals surface area (Å²) in [4.78, 5) is 0. The van der Waals surface area contributed by atoms with Gasteiger partial charge in [-0.2, -0.15) is 0 Å². The van der Waals surface area contributed by atoms with Crippen LogP contribution in [0.2, 0.25) is 0 Å². The van der Waals surface area contributed by atoms with E-state index < -0.39 is 0 Å². The van der Waals surface area contributed by atoms with E-state index in [4.69, 9.17) is 4.74 Å². The van der Waals surface area contributed by atoms with Crippen molar-refractivity contribution in [3.05, 3.63) is 12.2 Å². The predicted octanol–water partition coefficient (Wildman–Crippen LogP) is 2.60. The van der Waals surface area contributed by atoms with Gasteiger partial charge in [0.1, 0.15) is 0 Å². The summed E-state index contributed by atoms with van der Waals surface area (Å²) in [5, 5.41) is 3.34. The monoisotopic (exact) mass is 199 g/mol. The fourth-order valence-corrected chi connectivity index (χ4v) is 1.01. The van der Waals surface area contributed by atoms with Crippen molar-refractivity contribution in [1.82, 2.24) is 5.32 Å². The third kappa shape index (κ3) is 9.75. The van der Waals surface area contributed by atoms with Gasteiger partial charge in [0.05, 0.1) is 0 Å². The van der Waals surface area contributed by atoms with Gasteiger partial charge >= 0.3 is 0 Å². The molecule has 0 saturated carbocycles. The van der Waals surface area contributed by atoms with E-state index in [1.54, 1.807) is 0 Å². The van der Waals surface area contributed by atoms with Crippen LogP contribution in [0.5, 0.6) is 0 Å². The van der Waals surface area contributed by atoms with Gasteiger partial charge in [-0.15, -0.1) is 0 Å². The minimum absolute atomic E-state index is 0.642. The van der Waals surface area contributed by atoms with Gasteiger partial charge < -0.3 is 10.1 Å². The molecule has 1 N–H and O–H groups in total. The molecule has 0 atom stereocenters. The lowest BCUT2D eigenvalue weighted by Crippen LogP contribution is -2.19. The Hall–Kier alpha value is -0.340. The zero-order valence-corrected chi connectivity index (χ0v) is 9.94. The first-order chi connectivity index (χ1) is 6.66. The molecule has 0 aromatic heterocycles. The Bertz CT molecular complexity index is 143. The summed E-state index contributed by atoms with van der Waals surface area (Å²) in [5.41, 5.74) is 1.27. The Morgan fingerprint density at radius 3 is 2.71 bits per heavy atom. The van der Waals surface area contributed by atoms with Crippen LogP contribution in [-0.4, -0.2) is 26.3 Å². The average molecular weight is 199 g/mol. The summed E-state index contributed by atoms with van der Waals surface area (Å²) in [6, 6.07) is 0. The number of hydrogen-bond acceptors (Lipinski definition) is 2. The summed E-state index contributed by atoms with van der Waals surface area (Å²) < 4.78 is 5.47. The predicted molar refractivity (Wildman–Crippen MR) is 62.6 cm³/mol. The van der Waals surface area contributed by atoms with Gasteiger partial charge in [-0.1, -0.05) is 32.9 Å². The van der Waals surface area contributed by atoms with Gasteiger partial charge in [-0.25, -0.2) is 0 Å². The van der Waals surface area contributed by atoms with Gasteiger partial charge in [0, 0.05) is 19.8 Å². The first-order valence-electron chi connectivity index (χ1n) is 5.62. The molecule has 0 radical (unpaired) electrons. The second-order valence-electron chi connectivity index (χ2n) is 4.10. The summed E-state index contributed by atoms with van der Waals surface area (Å²) in [6.45, 7) is 14.1. The average Bonchev–Trinajstić information content (AvgIpc) is 2.15. The van der Waals surface area contributed by atoms with Crippen LogP contribution in [0, 0.1) is 5.92 Å². The highest BCUT2D eigenvalue weighted by Gasteiger charge is 1.94. The zero-order valence-electron chi connectivity index (χ0n) is 9.94. The highest BCUT2D eigenvalue weighted by Crippen LogP contribution is 1.94. The molecule has 84 valence electrons. The SMILES string of the molecule is C=C(CC)CNCCCOCC(C)C. The number of rotatable bonds is 9. The van der Waals surface area contributed by atoms with E-state index in [-0.39, 0.29) is 0 Å². The van der Waals surface area contributed by atoms with E-state index in [0.29, 0.717) is 5.92 Å². The molecule has 0 aliphatic heterocycles. The van der Waals surface area contributed by atoms with Crippen molar-refractivity contribution < 1.29 is 4.74 Å². The second-order valence-corrected chi connectivity index (χ2v) is 4.10. The highest BCUT2D eigenvalue weighted by molar-refractivity contribution is 4.94. The molecule has 0 saturated heterocycles.